The zero-order chi connectivity index (χ0) is 19.5. The van der Waals surface area contributed by atoms with Crippen LogP contribution in [0.25, 0.3) is 0 Å². The molecule has 2 fully saturated rings. The Morgan fingerprint density at radius 3 is 2.96 bits per heavy atom. The Morgan fingerprint density at radius 2 is 2.11 bits per heavy atom. The fourth-order valence-electron chi connectivity index (χ4n) is 4.87. The van der Waals surface area contributed by atoms with Gasteiger partial charge in [-0.25, -0.2) is 0 Å². The van der Waals surface area contributed by atoms with Crippen LogP contribution < -0.4 is 10.6 Å². The van der Waals surface area contributed by atoms with Crippen LogP contribution in [0.2, 0.25) is 5.02 Å². The van der Waals surface area contributed by atoms with E-state index in [1.54, 1.807) is 6.07 Å². The van der Waals surface area contributed by atoms with Gasteiger partial charge in [0.25, 0.3) is 0 Å². The lowest BCUT2D eigenvalue weighted by Crippen LogP contribution is -2.53. The van der Waals surface area contributed by atoms with Crippen molar-refractivity contribution in [2.75, 3.05) is 22.3 Å². The lowest BCUT2D eigenvalue weighted by molar-refractivity contribution is -0.134. The molecule has 0 saturated carbocycles. The predicted octanol–water partition coefficient (Wildman–Crippen LogP) is 3.83. The molecule has 2 aromatic carbocycles. The number of carbonyl (C=O) groups is 2. The molecule has 2 aromatic rings. The molecule has 0 radical (unpaired) electrons. The van der Waals surface area contributed by atoms with Crippen molar-refractivity contribution in [1.29, 1.82) is 0 Å². The number of benzene rings is 2. The van der Waals surface area contributed by atoms with E-state index in [4.69, 9.17) is 11.6 Å². The quantitative estimate of drug-likeness (QED) is 0.785. The highest BCUT2D eigenvalue weighted by atomic mass is 35.5. The van der Waals surface area contributed by atoms with Gasteiger partial charge in [0.05, 0.1) is 5.92 Å². The molecule has 0 aliphatic carbocycles. The summed E-state index contributed by atoms with van der Waals surface area (Å²) in [4.78, 5) is 29.0. The lowest BCUT2D eigenvalue weighted by atomic mass is 9.79. The number of halogens is 1. The molecule has 3 atom stereocenters. The number of hydrogen-bond donors (Lipinski definition) is 2. The summed E-state index contributed by atoms with van der Waals surface area (Å²) in [7, 11) is 0. The summed E-state index contributed by atoms with van der Waals surface area (Å²) in [5.41, 5.74) is 2.30. The van der Waals surface area contributed by atoms with Crippen LogP contribution in [0.4, 0.5) is 11.4 Å². The van der Waals surface area contributed by atoms with Gasteiger partial charge in [0.1, 0.15) is 5.54 Å². The van der Waals surface area contributed by atoms with E-state index in [2.05, 4.69) is 15.5 Å². The van der Waals surface area contributed by atoms with Crippen LogP contribution in [0.3, 0.4) is 0 Å². The van der Waals surface area contributed by atoms with Gasteiger partial charge in [0.15, 0.2) is 0 Å². The highest BCUT2D eigenvalue weighted by Crippen LogP contribution is 2.55. The highest BCUT2D eigenvalue weighted by molar-refractivity contribution is 7.99. The first kappa shape index (κ1) is 18.0. The van der Waals surface area contributed by atoms with E-state index in [1.807, 2.05) is 55.1 Å². The van der Waals surface area contributed by atoms with E-state index in [0.717, 1.165) is 28.4 Å². The molecule has 2 N–H and O–H groups in total. The highest BCUT2D eigenvalue weighted by Gasteiger charge is 2.65. The minimum Gasteiger partial charge on any atom is -0.325 e. The smallest absolute Gasteiger partial charge is 0.250 e. The maximum Gasteiger partial charge on any atom is 0.250 e. The molecule has 2 amide bonds. The van der Waals surface area contributed by atoms with Crippen LogP contribution >= 0.6 is 23.4 Å². The minimum atomic E-state index is -0.943. The van der Waals surface area contributed by atoms with Crippen molar-refractivity contribution in [2.24, 2.45) is 5.92 Å². The van der Waals surface area contributed by atoms with E-state index in [1.165, 1.54) is 0 Å². The van der Waals surface area contributed by atoms with Crippen molar-refractivity contribution in [3.05, 3.63) is 58.6 Å². The van der Waals surface area contributed by atoms with Crippen molar-refractivity contribution in [1.82, 2.24) is 4.90 Å². The van der Waals surface area contributed by atoms with Crippen molar-refractivity contribution in [3.8, 4) is 0 Å². The first-order valence-electron chi connectivity index (χ1n) is 9.35. The molecule has 0 bridgehead atoms. The Morgan fingerprint density at radius 1 is 1.29 bits per heavy atom. The minimum absolute atomic E-state index is 0.0957. The molecule has 3 aliphatic heterocycles. The summed E-state index contributed by atoms with van der Waals surface area (Å²) in [6.07, 6.45) is 0.667. The molecule has 144 valence electrons. The van der Waals surface area contributed by atoms with Crippen LogP contribution in [0.15, 0.2) is 42.5 Å². The Labute approximate surface area is 172 Å². The maximum absolute atomic E-state index is 13.5. The van der Waals surface area contributed by atoms with Crippen LogP contribution in [-0.2, 0) is 15.1 Å². The van der Waals surface area contributed by atoms with Gasteiger partial charge in [0, 0.05) is 39.6 Å². The molecule has 28 heavy (non-hydrogen) atoms. The number of carbonyl (C=O) groups excluding carboxylic acids is 2. The number of fused-ring (bicyclic) bond motifs is 4. The zero-order valence-corrected chi connectivity index (χ0v) is 16.9. The molecular weight excluding hydrogens is 394 g/mol. The number of rotatable bonds is 2. The van der Waals surface area contributed by atoms with Crippen molar-refractivity contribution in [3.63, 3.8) is 0 Å². The summed E-state index contributed by atoms with van der Waals surface area (Å²) in [6, 6.07) is 13.4. The van der Waals surface area contributed by atoms with Gasteiger partial charge in [-0.15, -0.1) is 11.8 Å². The van der Waals surface area contributed by atoms with E-state index in [9.17, 15) is 9.59 Å². The van der Waals surface area contributed by atoms with Gasteiger partial charge in [-0.2, -0.15) is 0 Å². The summed E-state index contributed by atoms with van der Waals surface area (Å²) in [6.45, 7) is 1.88. The van der Waals surface area contributed by atoms with Crippen LogP contribution in [0, 0.1) is 12.8 Å². The molecule has 2 saturated heterocycles. The van der Waals surface area contributed by atoms with E-state index in [-0.39, 0.29) is 17.9 Å². The first-order valence-corrected chi connectivity index (χ1v) is 10.9. The van der Waals surface area contributed by atoms with Crippen molar-refractivity contribution < 1.29 is 9.59 Å². The maximum atomic E-state index is 13.5. The van der Waals surface area contributed by atoms with Crippen LogP contribution in [0.1, 0.15) is 17.5 Å². The molecular formula is C21H20ClN3O2S. The number of para-hydroxylation sites is 1. The number of anilines is 2. The number of thioether (sulfide) groups is 1. The van der Waals surface area contributed by atoms with E-state index >= 15 is 0 Å². The van der Waals surface area contributed by atoms with Crippen LogP contribution in [0.5, 0.6) is 0 Å². The van der Waals surface area contributed by atoms with Crippen molar-refractivity contribution >= 4 is 46.6 Å². The molecule has 3 heterocycles. The summed E-state index contributed by atoms with van der Waals surface area (Å²) in [5.74, 6) is 1.02. The number of amides is 2. The summed E-state index contributed by atoms with van der Waals surface area (Å²) < 4.78 is 0. The van der Waals surface area contributed by atoms with Crippen molar-refractivity contribution in [2.45, 2.75) is 24.9 Å². The molecule has 1 spiro atoms. The third-order valence-corrected chi connectivity index (χ3v) is 7.71. The second kappa shape index (κ2) is 6.51. The Hall–Kier alpha value is -2.02. The standard InChI is InChI=1S/C21H20ClN3O2S/c1-12-16(22)6-4-8-17(12)23-19(26)15-9-13-10-28-11-25(13)21(15)14-5-2-3-7-18(14)24-20(21)27/h2-8,13,15H,9-11H2,1H3,(H,23,26)(H,24,27)/t13-,15+,21+/m1/s1. The largest absolute Gasteiger partial charge is 0.325 e. The second-order valence-corrected chi connectivity index (χ2v) is 8.99. The first-order chi connectivity index (χ1) is 13.5. The topological polar surface area (TPSA) is 61.4 Å². The average Bonchev–Trinajstić information content (AvgIpc) is 3.34. The van der Waals surface area contributed by atoms with Gasteiger partial charge in [-0.1, -0.05) is 35.9 Å². The SMILES string of the molecule is Cc1c(Cl)cccc1NC(=O)[C@@H]1C[C@@H]2CSCN2[C@]12C(=O)Nc1ccccc12. The third-order valence-electron chi connectivity index (χ3n) is 6.22. The van der Waals surface area contributed by atoms with Gasteiger partial charge >= 0.3 is 0 Å². The molecule has 5 nitrogen and oxygen atoms in total. The Kier molecular flexibility index (Phi) is 4.19. The number of hydrogen-bond acceptors (Lipinski definition) is 4. The van der Waals surface area contributed by atoms with Gasteiger partial charge in [-0.05, 0) is 37.1 Å². The van der Waals surface area contributed by atoms with Gasteiger partial charge in [-0.3, -0.25) is 14.5 Å². The third kappa shape index (κ3) is 2.38. The number of nitrogens with one attached hydrogen (secondary N) is 2. The average molecular weight is 414 g/mol. The van der Waals surface area contributed by atoms with E-state index < -0.39 is 11.5 Å². The molecule has 5 rings (SSSR count). The molecule has 0 unspecified atom stereocenters. The zero-order valence-electron chi connectivity index (χ0n) is 15.4. The molecule has 3 aliphatic rings. The fraction of sp³-hybridized carbons (Fsp3) is 0.333. The van der Waals surface area contributed by atoms with Gasteiger partial charge in [0.2, 0.25) is 11.8 Å². The summed E-state index contributed by atoms with van der Waals surface area (Å²) >= 11 is 8.04. The molecule has 7 heteroatoms. The van der Waals surface area contributed by atoms with Gasteiger partial charge < -0.3 is 10.6 Å². The fourth-order valence-corrected chi connectivity index (χ4v) is 6.34. The Balaban J connectivity index is 1.58. The Bertz CT molecular complexity index is 997. The summed E-state index contributed by atoms with van der Waals surface area (Å²) in [5, 5.41) is 6.68. The second-order valence-electron chi connectivity index (χ2n) is 7.58. The normalized spacial score (nSPS) is 28.3. The van der Waals surface area contributed by atoms with E-state index in [0.29, 0.717) is 17.1 Å². The lowest BCUT2D eigenvalue weighted by Gasteiger charge is -2.36. The number of nitrogens with zero attached hydrogens (tertiary/aromatic N) is 1. The monoisotopic (exact) mass is 413 g/mol. The van der Waals surface area contributed by atoms with Crippen LogP contribution in [-0.4, -0.2) is 34.4 Å². The predicted molar refractivity (Wildman–Crippen MR) is 113 cm³/mol. The molecule has 0 aromatic heterocycles.